The van der Waals surface area contributed by atoms with E-state index in [1.165, 1.54) is 16.2 Å². The topological polar surface area (TPSA) is 77.8 Å². The maximum Gasteiger partial charge on any atom is 0.227 e. The first-order valence-corrected chi connectivity index (χ1v) is 17.2. The van der Waals surface area contributed by atoms with Crippen molar-refractivity contribution >= 4 is 65.4 Å². The van der Waals surface area contributed by atoms with E-state index in [2.05, 4.69) is 78.9 Å². The Bertz CT molecular complexity index is 3180. The fraction of sp³-hybridized carbons (Fsp3) is 0. The average Bonchev–Trinajstić information content (AvgIpc) is 3.83. The van der Waals surface area contributed by atoms with Crippen molar-refractivity contribution in [2.45, 2.75) is 0 Å². The van der Waals surface area contributed by atoms with E-state index >= 15 is 0 Å². The van der Waals surface area contributed by atoms with E-state index in [1.807, 2.05) is 78.9 Å². The van der Waals surface area contributed by atoms with Crippen molar-refractivity contribution in [1.82, 2.24) is 19.9 Å². The van der Waals surface area contributed by atoms with Crippen LogP contribution in [0.1, 0.15) is 0 Å². The van der Waals surface area contributed by atoms with Gasteiger partial charge in [0.05, 0.1) is 5.39 Å². The molecule has 0 spiro atoms. The molecule has 0 bridgehead atoms. The lowest BCUT2D eigenvalue weighted by atomic mass is 9.98. The molecule has 0 fully saturated rings. The third-order valence-electron chi connectivity index (χ3n) is 9.95. The third kappa shape index (κ3) is 4.44. The molecule has 0 saturated heterocycles. The fourth-order valence-electron chi connectivity index (χ4n) is 7.48. The average molecular weight is 667 g/mol. The SMILES string of the molecule is c1ccc(-c2nc(-c3ccc4ccc5ccccc5c4c3)nc(-c3cccc4c3ccc3oc5ccc6oc(-c7ccccc7)nc6c5c34)n2)cc1. The Labute approximate surface area is 296 Å². The number of aromatic nitrogens is 4. The van der Waals surface area contributed by atoms with E-state index in [9.17, 15) is 0 Å². The summed E-state index contributed by atoms with van der Waals surface area (Å²) in [4.78, 5) is 20.3. The van der Waals surface area contributed by atoms with Gasteiger partial charge < -0.3 is 8.83 Å². The van der Waals surface area contributed by atoms with Gasteiger partial charge in [0.2, 0.25) is 5.89 Å². The highest BCUT2D eigenvalue weighted by atomic mass is 16.4. The van der Waals surface area contributed by atoms with Gasteiger partial charge in [-0.1, -0.05) is 115 Å². The zero-order valence-corrected chi connectivity index (χ0v) is 27.6. The number of oxazole rings is 1. The molecule has 8 aromatic carbocycles. The fourth-order valence-corrected chi connectivity index (χ4v) is 7.48. The highest BCUT2D eigenvalue weighted by Crippen LogP contribution is 2.42. The van der Waals surface area contributed by atoms with Crippen LogP contribution in [0.4, 0.5) is 0 Å². The van der Waals surface area contributed by atoms with Crippen LogP contribution in [0.5, 0.6) is 0 Å². The first-order chi connectivity index (χ1) is 25.7. The number of rotatable bonds is 4. The van der Waals surface area contributed by atoms with E-state index in [0.29, 0.717) is 28.9 Å². The van der Waals surface area contributed by atoms with Crippen LogP contribution in [0.25, 0.3) is 111 Å². The predicted octanol–water partition coefficient (Wildman–Crippen LogP) is 12.0. The summed E-state index contributed by atoms with van der Waals surface area (Å²) in [6.07, 6.45) is 0. The van der Waals surface area contributed by atoms with Crippen LogP contribution in [-0.2, 0) is 0 Å². The van der Waals surface area contributed by atoms with Gasteiger partial charge in [0, 0.05) is 27.6 Å². The van der Waals surface area contributed by atoms with E-state index in [-0.39, 0.29) is 0 Å². The van der Waals surface area contributed by atoms with E-state index in [4.69, 9.17) is 28.8 Å². The van der Waals surface area contributed by atoms with Crippen LogP contribution in [0.3, 0.4) is 0 Å². The van der Waals surface area contributed by atoms with Gasteiger partial charge in [-0.2, -0.15) is 0 Å². The summed E-state index contributed by atoms with van der Waals surface area (Å²) in [5, 5.41) is 8.64. The lowest BCUT2D eigenvalue weighted by Gasteiger charge is -2.11. The van der Waals surface area contributed by atoms with Crippen molar-refractivity contribution in [1.29, 1.82) is 0 Å². The van der Waals surface area contributed by atoms with Gasteiger partial charge in [-0.3, -0.25) is 0 Å². The van der Waals surface area contributed by atoms with E-state index in [1.54, 1.807) is 0 Å². The minimum absolute atomic E-state index is 0.575. The summed E-state index contributed by atoms with van der Waals surface area (Å²) in [6, 6.07) is 53.6. The second-order valence-corrected chi connectivity index (χ2v) is 13.0. The maximum absolute atomic E-state index is 6.43. The van der Waals surface area contributed by atoms with Gasteiger partial charge in [-0.05, 0) is 74.8 Å². The molecule has 0 aliphatic rings. The van der Waals surface area contributed by atoms with Crippen molar-refractivity contribution in [3.05, 3.63) is 158 Å². The predicted molar refractivity (Wildman–Crippen MR) is 209 cm³/mol. The third-order valence-corrected chi connectivity index (χ3v) is 9.95. The molecule has 242 valence electrons. The van der Waals surface area contributed by atoms with Crippen LogP contribution in [0.15, 0.2) is 167 Å². The van der Waals surface area contributed by atoms with Crippen LogP contribution >= 0.6 is 0 Å². The standard InChI is InChI=1S/C46H26N4O2/c1-3-11-29(12-4-1)43-48-44(31-21-20-28-19-18-27-10-7-8-15-32(27)36(28)26-31)50-45(49-43)35-17-9-16-34-33(35)22-23-37-40(34)41-38(51-37)24-25-39-42(41)47-46(52-39)30-13-5-2-6-14-30/h1-26H. The molecule has 3 aromatic heterocycles. The molecule has 6 heteroatoms. The van der Waals surface area contributed by atoms with Crippen molar-refractivity contribution < 1.29 is 8.83 Å². The molecule has 0 unspecified atom stereocenters. The second-order valence-electron chi connectivity index (χ2n) is 13.0. The number of fused-ring (bicyclic) bond motifs is 10. The van der Waals surface area contributed by atoms with Gasteiger partial charge in [0.1, 0.15) is 16.7 Å². The molecule has 0 aliphatic carbocycles. The van der Waals surface area contributed by atoms with Crippen LogP contribution < -0.4 is 0 Å². The van der Waals surface area contributed by atoms with Crippen molar-refractivity contribution in [3.63, 3.8) is 0 Å². The van der Waals surface area contributed by atoms with Gasteiger partial charge >= 0.3 is 0 Å². The summed E-state index contributed by atoms with van der Waals surface area (Å²) >= 11 is 0. The van der Waals surface area contributed by atoms with Crippen LogP contribution in [-0.4, -0.2) is 19.9 Å². The second kappa shape index (κ2) is 11.2. The zero-order chi connectivity index (χ0) is 34.2. The lowest BCUT2D eigenvalue weighted by Crippen LogP contribution is -2.00. The summed E-state index contributed by atoms with van der Waals surface area (Å²) in [6.45, 7) is 0. The largest absolute Gasteiger partial charge is 0.456 e. The molecule has 11 rings (SSSR count). The Morgan fingerprint density at radius 1 is 0.346 bits per heavy atom. The molecule has 0 atom stereocenters. The van der Waals surface area contributed by atoms with E-state index < -0.39 is 0 Å². The molecule has 11 aromatic rings. The van der Waals surface area contributed by atoms with Crippen molar-refractivity contribution in [3.8, 4) is 45.6 Å². The summed E-state index contributed by atoms with van der Waals surface area (Å²) in [5.41, 5.74) is 6.68. The quantitative estimate of drug-likeness (QED) is 0.174. The first-order valence-electron chi connectivity index (χ1n) is 17.2. The number of nitrogens with zero attached hydrogens (tertiary/aromatic N) is 4. The van der Waals surface area contributed by atoms with Crippen molar-refractivity contribution in [2.75, 3.05) is 0 Å². The minimum atomic E-state index is 0.575. The lowest BCUT2D eigenvalue weighted by molar-refractivity contribution is 0.619. The van der Waals surface area contributed by atoms with Crippen LogP contribution in [0.2, 0.25) is 0 Å². The Hall–Kier alpha value is -7.18. The Kier molecular flexibility index (Phi) is 6.15. The van der Waals surface area contributed by atoms with Gasteiger partial charge in [-0.25, -0.2) is 19.9 Å². The minimum Gasteiger partial charge on any atom is -0.456 e. The Balaban J connectivity index is 1.15. The molecule has 0 N–H and O–H groups in total. The van der Waals surface area contributed by atoms with Gasteiger partial charge in [-0.15, -0.1) is 0 Å². The van der Waals surface area contributed by atoms with Gasteiger partial charge in [0.25, 0.3) is 0 Å². The van der Waals surface area contributed by atoms with Gasteiger partial charge in [0.15, 0.2) is 23.1 Å². The molecule has 0 radical (unpaired) electrons. The van der Waals surface area contributed by atoms with E-state index in [0.717, 1.165) is 65.9 Å². The van der Waals surface area contributed by atoms with Crippen LogP contribution in [0, 0.1) is 0 Å². The molecular weight excluding hydrogens is 641 g/mol. The first kappa shape index (κ1) is 28.6. The molecule has 6 nitrogen and oxygen atoms in total. The summed E-state index contributed by atoms with van der Waals surface area (Å²) in [5.74, 6) is 2.40. The Morgan fingerprint density at radius 3 is 1.83 bits per heavy atom. The number of furan rings is 1. The molecule has 0 aliphatic heterocycles. The summed E-state index contributed by atoms with van der Waals surface area (Å²) < 4.78 is 12.7. The molecular formula is C46H26N4O2. The van der Waals surface area contributed by atoms with Crippen molar-refractivity contribution in [2.24, 2.45) is 0 Å². The number of benzene rings is 8. The smallest absolute Gasteiger partial charge is 0.227 e. The highest BCUT2D eigenvalue weighted by Gasteiger charge is 2.21. The highest BCUT2D eigenvalue weighted by molar-refractivity contribution is 6.26. The molecule has 3 heterocycles. The zero-order valence-electron chi connectivity index (χ0n) is 27.6. The molecule has 0 amide bonds. The normalized spacial score (nSPS) is 11.8. The summed E-state index contributed by atoms with van der Waals surface area (Å²) in [7, 11) is 0. The maximum atomic E-state index is 6.43. The number of hydrogen-bond donors (Lipinski definition) is 0. The monoisotopic (exact) mass is 666 g/mol. The molecule has 52 heavy (non-hydrogen) atoms. The molecule has 0 saturated carbocycles. The Morgan fingerprint density at radius 2 is 0.981 bits per heavy atom. The number of hydrogen-bond acceptors (Lipinski definition) is 6.